The number of anilines is 1. The second kappa shape index (κ2) is 11.5. The monoisotopic (exact) mass is 447 g/mol. The second-order valence-corrected chi connectivity index (χ2v) is 6.11. The van der Waals surface area contributed by atoms with Crippen LogP contribution in [0.3, 0.4) is 0 Å². The molecule has 136 valence electrons. The first kappa shape index (κ1) is 21.0. The minimum atomic E-state index is 0. The Morgan fingerprint density at radius 3 is 2.79 bits per heavy atom. The molecule has 1 saturated carbocycles. The fourth-order valence-corrected chi connectivity index (χ4v) is 2.12. The molecule has 1 aliphatic carbocycles. The third-order valence-corrected chi connectivity index (χ3v) is 3.72. The van der Waals surface area contributed by atoms with Crippen LogP contribution in [0.25, 0.3) is 0 Å². The van der Waals surface area contributed by atoms with Crippen LogP contribution in [0.1, 0.15) is 25.0 Å². The molecule has 7 heteroatoms. The second-order valence-electron chi connectivity index (χ2n) is 6.11. The van der Waals surface area contributed by atoms with Gasteiger partial charge in [0.25, 0.3) is 0 Å². The zero-order valence-corrected chi connectivity index (χ0v) is 17.2. The van der Waals surface area contributed by atoms with Crippen molar-refractivity contribution in [3.63, 3.8) is 0 Å². The van der Waals surface area contributed by atoms with Gasteiger partial charge in [0.1, 0.15) is 5.82 Å². The Morgan fingerprint density at radius 2 is 2.12 bits per heavy atom. The number of nitrogens with one attached hydrogen (secondary N) is 2. The predicted molar refractivity (Wildman–Crippen MR) is 110 cm³/mol. The molecule has 0 saturated heterocycles. The van der Waals surface area contributed by atoms with E-state index in [-0.39, 0.29) is 24.0 Å². The molecule has 0 atom stereocenters. The van der Waals surface area contributed by atoms with E-state index in [9.17, 15) is 0 Å². The Kier molecular flexibility index (Phi) is 10.0. The normalized spacial score (nSPS) is 14.0. The summed E-state index contributed by atoms with van der Waals surface area (Å²) in [5, 5.41) is 6.59. The molecule has 2 rings (SSSR count). The van der Waals surface area contributed by atoms with Gasteiger partial charge in [0.15, 0.2) is 5.96 Å². The number of aliphatic imine (C=N–C) groups is 1. The molecule has 0 amide bonds. The molecule has 0 radical (unpaired) electrons. The number of halogens is 1. The van der Waals surface area contributed by atoms with E-state index < -0.39 is 0 Å². The van der Waals surface area contributed by atoms with Gasteiger partial charge in [0.05, 0.1) is 12.2 Å². The van der Waals surface area contributed by atoms with Gasteiger partial charge >= 0.3 is 0 Å². The Labute approximate surface area is 162 Å². The van der Waals surface area contributed by atoms with Crippen LogP contribution in [0.2, 0.25) is 0 Å². The fourth-order valence-electron chi connectivity index (χ4n) is 2.12. The quantitative estimate of drug-likeness (QED) is 0.263. The number of ether oxygens (including phenoxy) is 1. The summed E-state index contributed by atoms with van der Waals surface area (Å²) in [5.74, 6) is 2.59. The van der Waals surface area contributed by atoms with E-state index in [1.807, 2.05) is 37.2 Å². The van der Waals surface area contributed by atoms with Crippen molar-refractivity contribution >= 4 is 35.8 Å². The van der Waals surface area contributed by atoms with Crippen LogP contribution in [0, 0.1) is 5.92 Å². The van der Waals surface area contributed by atoms with Gasteiger partial charge in [-0.1, -0.05) is 6.07 Å². The third-order valence-electron chi connectivity index (χ3n) is 3.72. The molecule has 1 aliphatic rings. The Balaban J connectivity index is 0.00000288. The molecule has 1 aromatic heterocycles. The SMILES string of the molecule is CN=C(NCCCOCC1CC1)NCc1cccc(N(C)C)n1.I. The Morgan fingerprint density at radius 1 is 1.33 bits per heavy atom. The number of guanidine groups is 1. The van der Waals surface area contributed by atoms with E-state index in [2.05, 4.69) is 20.6 Å². The van der Waals surface area contributed by atoms with E-state index in [0.717, 1.165) is 49.6 Å². The zero-order chi connectivity index (χ0) is 16.5. The lowest BCUT2D eigenvalue weighted by atomic mass is 10.3. The summed E-state index contributed by atoms with van der Waals surface area (Å²) < 4.78 is 5.62. The Bertz CT molecular complexity index is 506. The van der Waals surface area contributed by atoms with Gasteiger partial charge in [0.2, 0.25) is 0 Å². The summed E-state index contributed by atoms with van der Waals surface area (Å²) in [6, 6.07) is 6.03. The summed E-state index contributed by atoms with van der Waals surface area (Å²) in [7, 11) is 5.76. The van der Waals surface area contributed by atoms with Crippen LogP contribution in [-0.2, 0) is 11.3 Å². The van der Waals surface area contributed by atoms with Gasteiger partial charge in [-0.2, -0.15) is 0 Å². The Hall–Kier alpha value is -1.09. The van der Waals surface area contributed by atoms with Crippen LogP contribution in [-0.4, -0.2) is 51.8 Å². The van der Waals surface area contributed by atoms with Crippen molar-refractivity contribution in [2.24, 2.45) is 10.9 Å². The van der Waals surface area contributed by atoms with Gasteiger partial charge < -0.3 is 20.3 Å². The fraction of sp³-hybridized carbons (Fsp3) is 0.647. The number of pyridine rings is 1. The molecule has 0 unspecified atom stereocenters. The van der Waals surface area contributed by atoms with Crippen molar-refractivity contribution in [3.8, 4) is 0 Å². The molecule has 1 fully saturated rings. The maximum absolute atomic E-state index is 5.62. The van der Waals surface area contributed by atoms with Crippen LogP contribution < -0.4 is 15.5 Å². The minimum absolute atomic E-state index is 0. The summed E-state index contributed by atoms with van der Waals surface area (Å²) in [4.78, 5) is 10.8. The number of aromatic nitrogens is 1. The molecule has 0 aromatic carbocycles. The van der Waals surface area contributed by atoms with E-state index in [0.29, 0.717) is 6.54 Å². The van der Waals surface area contributed by atoms with Gasteiger partial charge in [-0.05, 0) is 37.3 Å². The van der Waals surface area contributed by atoms with E-state index in [1.54, 1.807) is 7.05 Å². The average molecular weight is 447 g/mol. The lowest BCUT2D eigenvalue weighted by Crippen LogP contribution is -2.37. The highest BCUT2D eigenvalue weighted by Crippen LogP contribution is 2.28. The van der Waals surface area contributed by atoms with Crippen LogP contribution >= 0.6 is 24.0 Å². The highest BCUT2D eigenvalue weighted by atomic mass is 127. The van der Waals surface area contributed by atoms with E-state index in [1.165, 1.54) is 12.8 Å². The molecule has 2 N–H and O–H groups in total. The summed E-state index contributed by atoms with van der Waals surface area (Å²) in [6.45, 7) is 3.25. The summed E-state index contributed by atoms with van der Waals surface area (Å²) in [5.41, 5.74) is 0.993. The van der Waals surface area contributed by atoms with Crippen molar-refractivity contribution in [1.82, 2.24) is 15.6 Å². The lowest BCUT2D eigenvalue weighted by molar-refractivity contribution is 0.123. The van der Waals surface area contributed by atoms with Crippen molar-refractivity contribution in [2.75, 3.05) is 45.8 Å². The smallest absolute Gasteiger partial charge is 0.191 e. The van der Waals surface area contributed by atoms with Crippen LogP contribution in [0.4, 0.5) is 5.82 Å². The van der Waals surface area contributed by atoms with Gasteiger partial charge in [-0.3, -0.25) is 4.99 Å². The highest BCUT2D eigenvalue weighted by molar-refractivity contribution is 14.0. The van der Waals surface area contributed by atoms with E-state index in [4.69, 9.17) is 4.74 Å². The standard InChI is InChI=1S/C17H29N5O.HI/c1-18-17(19-10-5-11-23-13-14-8-9-14)20-12-15-6-4-7-16(21-15)22(2)3;/h4,6-7,14H,5,8-13H2,1-3H3,(H2,18,19,20);1H. The van der Waals surface area contributed by atoms with Crippen LogP contribution in [0.5, 0.6) is 0 Å². The van der Waals surface area contributed by atoms with Crippen LogP contribution in [0.15, 0.2) is 23.2 Å². The van der Waals surface area contributed by atoms with Crippen molar-refractivity contribution in [3.05, 3.63) is 23.9 Å². The van der Waals surface area contributed by atoms with Crippen molar-refractivity contribution in [1.29, 1.82) is 0 Å². The first-order valence-electron chi connectivity index (χ1n) is 8.34. The molecule has 1 heterocycles. The third kappa shape index (κ3) is 8.14. The average Bonchev–Trinajstić information content (AvgIpc) is 3.38. The van der Waals surface area contributed by atoms with E-state index >= 15 is 0 Å². The largest absolute Gasteiger partial charge is 0.381 e. The molecule has 0 bridgehead atoms. The minimum Gasteiger partial charge on any atom is -0.381 e. The maximum atomic E-state index is 5.62. The number of nitrogens with zero attached hydrogens (tertiary/aromatic N) is 3. The topological polar surface area (TPSA) is 61.8 Å². The van der Waals surface area contributed by atoms with Crippen molar-refractivity contribution < 1.29 is 4.74 Å². The molecule has 24 heavy (non-hydrogen) atoms. The molecular formula is C17H30IN5O. The summed E-state index contributed by atoms with van der Waals surface area (Å²) in [6.07, 6.45) is 3.68. The maximum Gasteiger partial charge on any atom is 0.191 e. The number of hydrogen-bond acceptors (Lipinski definition) is 4. The van der Waals surface area contributed by atoms with Gasteiger partial charge in [0, 0.05) is 40.9 Å². The van der Waals surface area contributed by atoms with Crippen molar-refractivity contribution in [2.45, 2.75) is 25.8 Å². The first-order valence-corrected chi connectivity index (χ1v) is 8.34. The van der Waals surface area contributed by atoms with Gasteiger partial charge in [-0.25, -0.2) is 4.98 Å². The molecule has 0 spiro atoms. The number of rotatable bonds is 9. The molecule has 6 nitrogen and oxygen atoms in total. The molecule has 1 aromatic rings. The first-order chi connectivity index (χ1) is 11.2. The number of hydrogen-bond donors (Lipinski definition) is 2. The lowest BCUT2D eigenvalue weighted by Gasteiger charge is -2.14. The predicted octanol–water partition coefficient (Wildman–Crippen LogP) is 2.25. The summed E-state index contributed by atoms with van der Waals surface area (Å²) >= 11 is 0. The van der Waals surface area contributed by atoms with Gasteiger partial charge in [-0.15, -0.1) is 24.0 Å². The highest BCUT2D eigenvalue weighted by Gasteiger charge is 2.20. The molecular weight excluding hydrogens is 417 g/mol. The molecule has 0 aliphatic heterocycles. The zero-order valence-electron chi connectivity index (χ0n) is 14.9.